The standard InChI is InChI=1S/C25H30BrN5O/c1-18-15-30(14-12-27-18)25(32)19-5-4-13-29(16-19)17-24-28-22-6-2-3-7-23(22)31(24)21-10-8-20(26)9-11-21/h2-3,6-11,18-19,27H,4-5,12-17H2,1H3/t18-,19+/m0/s1. The molecule has 3 heterocycles. The molecule has 0 bridgehead atoms. The van der Waals surface area contributed by atoms with E-state index in [1.165, 1.54) is 0 Å². The van der Waals surface area contributed by atoms with Gasteiger partial charge in [-0.2, -0.15) is 0 Å². The number of nitrogens with one attached hydrogen (secondary N) is 1. The lowest BCUT2D eigenvalue weighted by Gasteiger charge is -2.38. The van der Waals surface area contributed by atoms with Crippen LogP contribution in [0.4, 0.5) is 0 Å². The molecule has 32 heavy (non-hydrogen) atoms. The smallest absolute Gasteiger partial charge is 0.227 e. The number of nitrogens with zero attached hydrogens (tertiary/aromatic N) is 4. The predicted molar refractivity (Wildman–Crippen MR) is 131 cm³/mol. The molecule has 5 rings (SSSR count). The molecule has 2 aliphatic heterocycles. The number of imidazole rings is 1. The SMILES string of the molecule is C[C@H]1CN(C(=O)[C@@H]2CCCN(Cc3nc4ccccc4n3-c3ccc(Br)cc3)C2)CCN1. The summed E-state index contributed by atoms with van der Waals surface area (Å²) in [6.45, 7) is 7.23. The Hall–Kier alpha value is -2.22. The van der Waals surface area contributed by atoms with E-state index in [-0.39, 0.29) is 5.92 Å². The molecule has 0 saturated carbocycles. The number of benzene rings is 2. The Balaban J connectivity index is 1.38. The Morgan fingerprint density at radius 2 is 1.94 bits per heavy atom. The fourth-order valence-electron chi connectivity index (χ4n) is 5.05. The molecule has 0 unspecified atom stereocenters. The molecular weight excluding hydrogens is 466 g/mol. The van der Waals surface area contributed by atoms with Crippen molar-refractivity contribution >= 4 is 32.9 Å². The summed E-state index contributed by atoms with van der Waals surface area (Å²) in [6.07, 6.45) is 2.04. The van der Waals surface area contributed by atoms with Gasteiger partial charge in [0.2, 0.25) is 5.91 Å². The van der Waals surface area contributed by atoms with Crippen LogP contribution in [0.25, 0.3) is 16.7 Å². The molecule has 2 fully saturated rings. The van der Waals surface area contributed by atoms with Gasteiger partial charge in [0.05, 0.1) is 23.5 Å². The Morgan fingerprint density at radius 3 is 2.75 bits per heavy atom. The molecule has 2 saturated heterocycles. The first kappa shape index (κ1) is 21.6. The van der Waals surface area contributed by atoms with Crippen molar-refractivity contribution in [3.05, 3.63) is 58.8 Å². The summed E-state index contributed by atoms with van der Waals surface area (Å²) in [5.41, 5.74) is 3.23. The van der Waals surface area contributed by atoms with Gasteiger partial charge in [-0.3, -0.25) is 14.3 Å². The summed E-state index contributed by atoms with van der Waals surface area (Å²) in [5.74, 6) is 1.43. The van der Waals surface area contributed by atoms with E-state index in [2.05, 4.69) is 85.0 Å². The van der Waals surface area contributed by atoms with E-state index < -0.39 is 0 Å². The summed E-state index contributed by atoms with van der Waals surface area (Å²) >= 11 is 3.54. The van der Waals surface area contributed by atoms with Gasteiger partial charge in [0.15, 0.2) is 0 Å². The lowest BCUT2D eigenvalue weighted by atomic mass is 9.96. The highest BCUT2D eigenvalue weighted by atomic mass is 79.9. The number of rotatable bonds is 4. The van der Waals surface area contributed by atoms with Crippen LogP contribution >= 0.6 is 15.9 Å². The number of hydrogen-bond acceptors (Lipinski definition) is 4. The second kappa shape index (κ2) is 9.33. The first-order valence-corrected chi connectivity index (χ1v) is 12.3. The minimum atomic E-state index is 0.0829. The molecule has 3 aromatic rings. The summed E-state index contributed by atoms with van der Waals surface area (Å²) in [5, 5.41) is 3.43. The lowest BCUT2D eigenvalue weighted by molar-refractivity contribution is -0.138. The van der Waals surface area contributed by atoms with Gasteiger partial charge in [-0.25, -0.2) is 4.98 Å². The molecule has 0 radical (unpaired) electrons. The Kier molecular flexibility index (Phi) is 6.31. The number of aromatic nitrogens is 2. The molecular formula is C25H30BrN5O. The maximum absolute atomic E-state index is 13.2. The molecule has 168 valence electrons. The van der Waals surface area contributed by atoms with Gasteiger partial charge in [-0.05, 0) is 62.7 Å². The first-order valence-electron chi connectivity index (χ1n) is 11.6. The molecule has 2 atom stereocenters. The number of likely N-dealkylation sites (tertiary alicyclic amines) is 1. The van der Waals surface area contributed by atoms with Crippen LogP contribution in [-0.2, 0) is 11.3 Å². The van der Waals surface area contributed by atoms with Gasteiger partial charge in [-0.1, -0.05) is 28.1 Å². The third kappa shape index (κ3) is 4.47. The predicted octanol–water partition coefficient (Wildman–Crippen LogP) is 3.82. The molecule has 1 aromatic heterocycles. The minimum absolute atomic E-state index is 0.0829. The van der Waals surface area contributed by atoms with E-state index >= 15 is 0 Å². The number of carbonyl (C=O) groups is 1. The number of hydrogen-bond donors (Lipinski definition) is 1. The van der Waals surface area contributed by atoms with Crippen LogP contribution in [0.1, 0.15) is 25.6 Å². The van der Waals surface area contributed by atoms with Crippen LogP contribution < -0.4 is 5.32 Å². The van der Waals surface area contributed by atoms with Crippen molar-refractivity contribution in [1.82, 2.24) is 24.7 Å². The van der Waals surface area contributed by atoms with Crippen molar-refractivity contribution in [2.45, 2.75) is 32.4 Å². The van der Waals surface area contributed by atoms with Gasteiger partial charge in [0.25, 0.3) is 0 Å². The summed E-state index contributed by atoms with van der Waals surface area (Å²) in [4.78, 5) is 22.7. The summed E-state index contributed by atoms with van der Waals surface area (Å²) in [7, 11) is 0. The van der Waals surface area contributed by atoms with E-state index in [1.54, 1.807) is 0 Å². The molecule has 1 N–H and O–H groups in total. The van der Waals surface area contributed by atoms with Gasteiger partial charge in [-0.15, -0.1) is 0 Å². The van der Waals surface area contributed by atoms with Crippen molar-refractivity contribution in [2.24, 2.45) is 5.92 Å². The maximum atomic E-state index is 13.2. The quantitative estimate of drug-likeness (QED) is 0.597. The first-order chi connectivity index (χ1) is 15.6. The third-order valence-corrected chi connectivity index (χ3v) is 7.14. The third-order valence-electron chi connectivity index (χ3n) is 6.62. The number of amides is 1. The largest absolute Gasteiger partial charge is 0.340 e. The molecule has 2 aromatic carbocycles. The minimum Gasteiger partial charge on any atom is -0.340 e. The average molecular weight is 496 g/mol. The van der Waals surface area contributed by atoms with Gasteiger partial charge < -0.3 is 10.2 Å². The fraction of sp³-hybridized carbons (Fsp3) is 0.440. The number of piperidine rings is 1. The zero-order valence-corrected chi connectivity index (χ0v) is 20.1. The van der Waals surface area contributed by atoms with Crippen molar-refractivity contribution < 1.29 is 4.79 Å². The number of para-hydroxylation sites is 2. The zero-order chi connectivity index (χ0) is 22.1. The highest BCUT2D eigenvalue weighted by Crippen LogP contribution is 2.26. The van der Waals surface area contributed by atoms with Gasteiger partial charge in [0.1, 0.15) is 5.82 Å². The molecule has 0 spiro atoms. The molecule has 1 amide bonds. The number of fused-ring (bicyclic) bond motifs is 1. The highest BCUT2D eigenvalue weighted by molar-refractivity contribution is 9.10. The molecule has 2 aliphatic rings. The van der Waals surface area contributed by atoms with E-state index in [9.17, 15) is 4.79 Å². The average Bonchev–Trinajstić information content (AvgIpc) is 3.17. The molecule has 6 nitrogen and oxygen atoms in total. The second-order valence-electron chi connectivity index (χ2n) is 9.04. The zero-order valence-electron chi connectivity index (χ0n) is 18.5. The topological polar surface area (TPSA) is 53.4 Å². The fourth-order valence-corrected chi connectivity index (χ4v) is 5.32. The van der Waals surface area contributed by atoms with Crippen molar-refractivity contribution in [1.29, 1.82) is 0 Å². The van der Waals surface area contributed by atoms with Gasteiger partial charge >= 0.3 is 0 Å². The number of carbonyl (C=O) groups excluding carboxylic acids is 1. The van der Waals surface area contributed by atoms with Gasteiger partial charge in [0, 0.05) is 42.4 Å². The van der Waals surface area contributed by atoms with Crippen LogP contribution in [0.2, 0.25) is 0 Å². The Morgan fingerprint density at radius 1 is 1.12 bits per heavy atom. The van der Waals surface area contributed by atoms with E-state index in [4.69, 9.17) is 4.98 Å². The van der Waals surface area contributed by atoms with Crippen LogP contribution in [0, 0.1) is 5.92 Å². The second-order valence-corrected chi connectivity index (χ2v) is 9.96. The number of piperazine rings is 1. The van der Waals surface area contributed by atoms with Crippen LogP contribution in [-0.4, -0.2) is 64.0 Å². The molecule has 7 heteroatoms. The molecule has 0 aliphatic carbocycles. The van der Waals surface area contributed by atoms with Crippen LogP contribution in [0.5, 0.6) is 0 Å². The van der Waals surface area contributed by atoms with E-state index in [0.29, 0.717) is 11.9 Å². The number of halogens is 1. The van der Waals surface area contributed by atoms with Crippen LogP contribution in [0.3, 0.4) is 0 Å². The Bertz CT molecular complexity index is 1100. The normalized spacial score (nSPS) is 22.4. The lowest BCUT2D eigenvalue weighted by Crippen LogP contribution is -2.54. The maximum Gasteiger partial charge on any atom is 0.227 e. The summed E-state index contributed by atoms with van der Waals surface area (Å²) in [6, 6.07) is 17.0. The van der Waals surface area contributed by atoms with Crippen molar-refractivity contribution in [3.63, 3.8) is 0 Å². The van der Waals surface area contributed by atoms with E-state index in [1.807, 2.05) is 6.07 Å². The summed E-state index contributed by atoms with van der Waals surface area (Å²) < 4.78 is 3.32. The monoisotopic (exact) mass is 495 g/mol. The van der Waals surface area contributed by atoms with Crippen molar-refractivity contribution in [2.75, 3.05) is 32.7 Å². The van der Waals surface area contributed by atoms with E-state index in [0.717, 1.165) is 79.1 Å². The highest BCUT2D eigenvalue weighted by Gasteiger charge is 2.31. The van der Waals surface area contributed by atoms with Crippen molar-refractivity contribution in [3.8, 4) is 5.69 Å². The Labute approximate surface area is 197 Å². The van der Waals surface area contributed by atoms with Crippen LogP contribution in [0.15, 0.2) is 53.0 Å².